The molecular formula is C12H7N3O2S2. The minimum atomic E-state index is -3.69. The summed E-state index contributed by atoms with van der Waals surface area (Å²) >= 11 is 0.903. The van der Waals surface area contributed by atoms with Crippen LogP contribution < -0.4 is 4.72 Å². The van der Waals surface area contributed by atoms with Crippen molar-refractivity contribution in [2.75, 3.05) is 4.72 Å². The number of hydrogen-bond donors (Lipinski definition) is 1. The summed E-state index contributed by atoms with van der Waals surface area (Å²) in [7, 11) is -3.69. The summed E-state index contributed by atoms with van der Waals surface area (Å²) < 4.78 is 26.5. The number of nitrogens with one attached hydrogen (secondary N) is 1. The number of nitrogens with zero attached hydrogens (tertiary/aromatic N) is 2. The standard InChI is InChI=1S/C12H7N3O2S2/c13-7-9-1-3-10(4-2-9)15-19(16,17)12-6-5-11(8-14)18-12/h1-6,15H. The third-order valence-electron chi connectivity index (χ3n) is 2.22. The first-order valence-electron chi connectivity index (χ1n) is 5.08. The summed E-state index contributed by atoms with van der Waals surface area (Å²) in [4.78, 5) is 0.334. The van der Waals surface area contributed by atoms with Crippen molar-refractivity contribution in [3.8, 4) is 12.1 Å². The van der Waals surface area contributed by atoms with Crippen LogP contribution in [0.5, 0.6) is 0 Å². The van der Waals surface area contributed by atoms with Gasteiger partial charge in [0.25, 0.3) is 10.0 Å². The number of rotatable bonds is 3. The van der Waals surface area contributed by atoms with Gasteiger partial charge < -0.3 is 0 Å². The fraction of sp³-hybridized carbons (Fsp3) is 0. The number of nitriles is 2. The van der Waals surface area contributed by atoms with Gasteiger partial charge in [0.2, 0.25) is 0 Å². The van der Waals surface area contributed by atoms with Gasteiger partial charge in [-0.15, -0.1) is 11.3 Å². The van der Waals surface area contributed by atoms with Gasteiger partial charge in [0.1, 0.15) is 15.2 Å². The van der Waals surface area contributed by atoms with Crippen LogP contribution in [0.25, 0.3) is 0 Å². The molecule has 19 heavy (non-hydrogen) atoms. The Morgan fingerprint density at radius 3 is 2.21 bits per heavy atom. The molecule has 94 valence electrons. The van der Waals surface area contributed by atoms with E-state index in [-0.39, 0.29) is 4.21 Å². The molecular weight excluding hydrogens is 282 g/mol. The molecule has 0 aliphatic carbocycles. The maximum atomic E-state index is 12.0. The Kier molecular flexibility index (Phi) is 3.52. The van der Waals surface area contributed by atoms with Gasteiger partial charge in [0.05, 0.1) is 11.6 Å². The fourth-order valence-electron chi connectivity index (χ4n) is 1.34. The molecule has 0 saturated heterocycles. The van der Waals surface area contributed by atoms with Crippen molar-refractivity contribution in [3.05, 3.63) is 46.8 Å². The van der Waals surface area contributed by atoms with E-state index in [1.165, 1.54) is 36.4 Å². The second-order valence-corrected chi connectivity index (χ2v) is 6.52. The topological polar surface area (TPSA) is 93.8 Å². The Bertz CT molecular complexity index is 778. The Morgan fingerprint density at radius 1 is 1.00 bits per heavy atom. The van der Waals surface area contributed by atoms with Gasteiger partial charge in [0, 0.05) is 5.69 Å². The predicted molar refractivity (Wildman–Crippen MR) is 71.0 cm³/mol. The predicted octanol–water partition coefficient (Wildman–Crippen LogP) is 2.29. The van der Waals surface area contributed by atoms with Gasteiger partial charge in [-0.25, -0.2) is 8.42 Å². The molecule has 7 heteroatoms. The van der Waals surface area contributed by atoms with E-state index < -0.39 is 10.0 Å². The summed E-state index contributed by atoms with van der Waals surface area (Å²) in [5, 5.41) is 17.3. The zero-order chi connectivity index (χ0) is 13.9. The van der Waals surface area contributed by atoms with Crippen LogP contribution in [-0.2, 0) is 10.0 Å². The molecule has 1 aromatic heterocycles. The molecule has 1 N–H and O–H groups in total. The van der Waals surface area contributed by atoms with Crippen LogP contribution in [0.15, 0.2) is 40.6 Å². The third kappa shape index (κ3) is 2.91. The fourth-order valence-corrected chi connectivity index (χ4v) is 3.50. The largest absolute Gasteiger partial charge is 0.279 e. The first kappa shape index (κ1) is 13.1. The molecule has 0 saturated carbocycles. The van der Waals surface area contributed by atoms with Gasteiger partial charge >= 0.3 is 0 Å². The van der Waals surface area contributed by atoms with Crippen LogP contribution in [0.2, 0.25) is 0 Å². The molecule has 0 fully saturated rings. The summed E-state index contributed by atoms with van der Waals surface area (Å²) in [6.07, 6.45) is 0. The van der Waals surface area contributed by atoms with E-state index in [2.05, 4.69) is 4.72 Å². The van der Waals surface area contributed by atoms with Crippen molar-refractivity contribution < 1.29 is 8.42 Å². The quantitative estimate of drug-likeness (QED) is 0.938. The lowest BCUT2D eigenvalue weighted by Gasteiger charge is -2.05. The molecule has 1 heterocycles. The van der Waals surface area contributed by atoms with E-state index in [0.29, 0.717) is 16.1 Å². The highest BCUT2D eigenvalue weighted by atomic mass is 32.2. The molecule has 2 aromatic rings. The van der Waals surface area contributed by atoms with Gasteiger partial charge in [0.15, 0.2) is 0 Å². The highest BCUT2D eigenvalue weighted by molar-refractivity contribution is 7.94. The van der Waals surface area contributed by atoms with Gasteiger partial charge in [-0.1, -0.05) is 0 Å². The second-order valence-electron chi connectivity index (χ2n) is 3.53. The maximum absolute atomic E-state index is 12.0. The van der Waals surface area contributed by atoms with E-state index in [9.17, 15) is 8.42 Å². The second kappa shape index (κ2) is 5.11. The van der Waals surface area contributed by atoms with Crippen LogP contribution >= 0.6 is 11.3 Å². The smallest absolute Gasteiger partial charge is 0.271 e. The van der Waals surface area contributed by atoms with Gasteiger partial charge in [-0.2, -0.15) is 10.5 Å². The average Bonchev–Trinajstić information content (AvgIpc) is 2.89. The van der Waals surface area contributed by atoms with E-state index in [0.717, 1.165) is 11.3 Å². The van der Waals surface area contributed by atoms with Crippen molar-refractivity contribution in [3.63, 3.8) is 0 Å². The van der Waals surface area contributed by atoms with E-state index >= 15 is 0 Å². The minimum Gasteiger partial charge on any atom is -0.279 e. The van der Waals surface area contributed by atoms with Crippen LogP contribution in [0, 0.1) is 22.7 Å². The molecule has 2 rings (SSSR count). The average molecular weight is 289 g/mol. The molecule has 0 spiro atoms. The first-order chi connectivity index (χ1) is 9.05. The van der Waals surface area contributed by atoms with Crippen molar-refractivity contribution in [1.82, 2.24) is 0 Å². The molecule has 0 aliphatic rings. The van der Waals surface area contributed by atoms with Crippen LogP contribution in [0.4, 0.5) is 5.69 Å². The summed E-state index contributed by atoms with van der Waals surface area (Å²) in [6, 6.07) is 12.7. The number of hydrogen-bond acceptors (Lipinski definition) is 5. The molecule has 0 aliphatic heterocycles. The lowest BCUT2D eigenvalue weighted by atomic mass is 10.2. The minimum absolute atomic E-state index is 0.0772. The zero-order valence-corrected chi connectivity index (χ0v) is 11.1. The monoisotopic (exact) mass is 289 g/mol. The number of anilines is 1. The molecule has 0 atom stereocenters. The molecule has 5 nitrogen and oxygen atoms in total. The molecule has 1 aromatic carbocycles. The van der Waals surface area contributed by atoms with E-state index in [1.54, 1.807) is 0 Å². The Morgan fingerprint density at radius 2 is 1.68 bits per heavy atom. The highest BCUT2D eigenvalue weighted by Crippen LogP contribution is 2.23. The lowest BCUT2D eigenvalue weighted by Crippen LogP contribution is -2.11. The SMILES string of the molecule is N#Cc1ccc(NS(=O)(=O)c2ccc(C#N)s2)cc1. The Labute approximate surface area is 114 Å². The van der Waals surface area contributed by atoms with Crippen molar-refractivity contribution in [2.24, 2.45) is 0 Å². The zero-order valence-electron chi connectivity index (χ0n) is 9.49. The maximum Gasteiger partial charge on any atom is 0.271 e. The van der Waals surface area contributed by atoms with Gasteiger partial charge in [-0.3, -0.25) is 4.72 Å². The molecule has 0 amide bonds. The molecule has 0 radical (unpaired) electrons. The van der Waals surface area contributed by atoms with Crippen molar-refractivity contribution >= 4 is 27.0 Å². The third-order valence-corrected chi connectivity index (χ3v) is 5.09. The Hall–Kier alpha value is -2.35. The summed E-state index contributed by atoms with van der Waals surface area (Å²) in [5.41, 5.74) is 0.816. The lowest BCUT2D eigenvalue weighted by molar-refractivity contribution is 0.603. The number of sulfonamides is 1. The summed E-state index contributed by atoms with van der Waals surface area (Å²) in [5.74, 6) is 0. The first-order valence-corrected chi connectivity index (χ1v) is 7.38. The van der Waals surface area contributed by atoms with E-state index in [1.807, 2.05) is 12.1 Å². The van der Waals surface area contributed by atoms with Crippen molar-refractivity contribution in [1.29, 1.82) is 10.5 Å². The number of benzene rings is 1. The molecule has 0 bridgehead atoms. The van der Waals surface area contributed by atoms with Crippen LogP contribution in [0.1, 0.15) is 10.4 Å². The summed E-state index contributed by atoms with van der Waals surface area (Å²) in [6.45, 7) is 0. The van der Waals surface area contributed by atoms with Crippen LogP contribution in [-0.4, -0.2) is 8.42 Å². The van der Waals surface area contributed by atoms with Crippen LogP contribution in [0.3, 0.4) is 0 Å². The Balaban J connectivity index is 2.26. The number of thiophene rings is 1. The van der Waals surface area contributed by atoms with Crippen molar-refractivity contribution in [2.45, 2.75) is 4.21 Å². The van der Waals surface area contributed by atoms with Gasteiger partial charge in [-0.05, 0) is 36.4 Å². The molecule has 0 unspecified atom stereocenters. The highest BCUT2D eigenvalue weighted by Gasteiger charge is 2.16. The normalized spacial score (nSPS) is 10.4. The van der Waals surface area contributed by atoms with E-state index in [4.69, 9.17) is 10.5 Å².